The van der Waals surface area contributed by atoms with Gasteiger partial charge in [0.1, 0.15) is 11.6 Å². The summed E-state index contributed by atoms with van der Waals surface area (Å²) in [5.74, 6) is 1.40. The summed E-state index contributed by atoms with van der Waals surface area (Å²) in [7, 11) is 0. The van der Waals surface area contributed by atoms with Gasteiger partial charge in [-0.3, -0.25) is 4.79 Å². The number of carbonyl (C=O) groups is 1. The topological polar surface area (TPSA) is 71.3 Å². The monoisotopic (exact) mass is 300 g/mol. The van der Waals surface area contributed by atoms with Crippen molar-refractivity contribution in [3.63, 3.8) is 0 Å². The molecule has 0 bridgehead atoms. The maximum Gasteiger partial charge on any atom is 0.273 e. The lowest BCUT2D eigenvalue weighted by Crippen LogP contribution is -2.30. The maximum absolute atomic E-state index is 11.9. The Hall–Kier alpha value is -2.37. The first-order valence-electron chi connectivity index (χ1n) is 7.64. The van der Waals surface area contributed by atoms with E-state index < -0.39 is 0 Å². The zero-order chi connectivity index (χ0) is 15.4. The van der Waals surface area contributed by atoms with Gasteiger partial charge in [0.15, 0.2) is 5.69 Å². The largest absolute Gasteiger partial charge is 0.361 e. The van der Waals surface area contributed by atoms with Crippen molar-refractivity contribution in [2.75, 3.05) is 18.0 Å². The number of aromatic nitrogens is 2. The third-order valence-corrected chi connectivity index (χ3v) is 3.80. The molecule has 3 heterocycles. The molecule has 1 N–H and O–H groups in total. The molecule has 0 atom stereocenters. The van der Waals surface area contributed by atoms with Crippen LogP contribution in [0, 0.1) is 6.92 Å². The van der Waals surface area contributed by atoms with Crippen molar-refractivity contribution in [2.24, 2.45) is 0 Å². The van der Waals surface area contributed by atoms with Crippen LogP contribution in [-0.4, -0.2) is 29.1 Å². The van der Waals surface area contributed by atoms with Crippen LogP contribution in [-0.2, 0) is 6.54 Å². The zero-order valence-corrected chi connectivity index (χ0v) is 12.7. The summed E-state index contributed by atoms with van der Waals surface area (Å²) in [6.07, 6.45) is 5.59. The first-order valence-corrected chi connectivity index (χ1v) is 7.64. The smallest absolute Gasteiger partial charge is 0.273 e. The van der Waals surface area contributed by atoms with Gasteiger partial charge in [-0.2, -0.15) is 0 Å². The number of nitrogens with one attached hydrogen (secondary N) is 1. The molecule has 1 amide bonds. The molecule has 2 aromatic heterocycles. The Labute approximate surface area is 129 Å². The molecule has 6 heteroatoms. The average Bonchev–Trinajstić information content (AvgIpc) is 3.00. The Morgan fingerprint density at radius 2 is 2.14 bits per heavy atom. The van der Waals surface area contributed by atoms with Gasteiger partial charge < -0.3 is 14.7 Å². The number of nitrogens with zero attached hydrogens (tertiary/aromatic N) is 3. The molecule has 0 spiro atoms. The summed E-state index contributed by atoms with van der Waals surface area (Å²) >= 11 is 0. The standard InChI is InChI=1S/C16H20N4O2/c1-12-9-14(19-22-12)16(21)18-11-13-5-6-15(17-10-13)20-7-3-2-4-8-20/h5-6,9-10H,2-4,7-8,11H2,1H3,(H,18,21). The van der Waals surface area contributed by atoms with Crippen LogP contribution in [0.1, 0.15) is 41.1 Å². The van der Waals surface area contributed by atoms with Crippen molar-refractivity contribution in [1.29, 1.82) is 0 Å². The summed E-state index contributed by atoms with van der Waals surface area (Å²) in [6, 6.07) is 5.64. The van der Waals surface area contributed by atoms with Crippen molar-refractivity contribution >= 4 is 11.7 Å². The molecule has 1 aliphatic heterocycles. The minimum absolute atomic E-state index is 0.239. The maximum atomic E-state index is 11.9. The average molecular weight is 300 g/mol. The number of rotatable bonds is 4. The minimum Gasteiger partial charge on any atom is -0.361 e. The van der Waals surface area contributed by atoms with Crippen LogP contribution in [0.5, 0.6) is 0 Å². The van der Waals surface area contributed by atoms with Gasteiger partial charge in [0.2, 0.25) is 0 Å². The zero-order valence-electron chi connectivity index (χ0n) is 12.7. The summed E-state index contributed by atoms with van der Waals surface area (Å²) < 4.78 is 4.89. The fourth-order valence-electron chi connectivity index (χ4n) is 2.58. The number of amides is 1. The highest BCUT2D eigenvalue weighted by atomic mass is 16.5. The number of carbonyl (C=O) groups excluding carboxylic acids is 1. The molecule has 6 nitrogen and oxygen atoms in total. The highest BCUT2D eigenvalue weighted by molar-refractivity contribution is 5.92. The predicted molar refractivity (Wildman–Crippen MR) is 82.7 cm³/mol. The number of pyridine rings is 1. The Balaban J connectivity index is 1.55. The Kier molecular flexibility index (Phi) is 4.37. The minimum atomic E-state index is -0.239. The predicted octanol–water partition coefficient (Wildman–Crippen LogP) is 2.30. The summed E-state index contributed by atoms with van der Waals surface area (Å²) in [5.41, 5.74) is 1.27. The van der Waals surface area contributed by atoms with Crippen LogP contribution in [0.2, 0.25) is 0 Å². The van der Waals surface area contributed by atoms with E-state index in [-0.39, 0.29) is 5.91 Å². The molecule has 0 aliphatic carbocycles. The lowest BCUT2D eigenvalue weighted by atomic mass is 10.1. The number of piperidine rings is 1. The molecule has 0 saturated carbocycles. The highest BCUT2D eigenvalue weighted by Crippen LogP contribution is 2.17. The third kappa shape index (κ3) is 3.44. The van der Waals surface area contributed by atoms with Crippen molar-refractivity contribution in [3.8, 4) is 0 Å². The molecule has 3 rings (SSSR count). The van der Waals surface area contributed by atoms with E-state index in [1.807, 2.05) is 18.3 Å². The highest BCUT2D eigenvalue weighted by Gasteiger charge is 2.13. The van der Waals surface area contributed by atoms with Gasteiger partial charge in [-0.1, -0.05) is 11.2 Å². The lowest BCUT2D eigenvalue weighted by molar-refractivity contribution is 0.0942. The first-order chi connectivity index (χ1) is 10.7. The molecular weight excluding hydrogens is 280 g/mol. The fourth-order valence-corrected chi connectivity index (χ4v) is 2.58. The number of hydrogen-bond acceptors (Lipinski definition) is 5. The molecule has 1 aliphatic rings. The SMILES string of the molecule is Cc1cc(C(=O)NCc2ccc(N3CCCCC3)nc2)no1. The van der Waals surface area contributed by atoms with Gasteiger partial charge in [0.25, 0.3) is 5.91 Å². The van der Waals surface area contributed by atoms with Crippen molar-refractivity contribution in [2.45, 2.75) is 32.7 Å². The third-order valence-electron chi connectivity index (χ3n) is 3.80. The van der Waals surface area contributed by atoms with E-state index >= 15 is 0 Å². The van der Waals surface area contributed by atoms with Gasteiger partial charge >= 0.3 is 0 Å². The second kappa shape index (κ2) is 6.60. The van der Waals surface area contributed by atoms with Crippen LogP contribution in [0.4, 0.5) is 5.82 Å². The van der Waals surface area contributed by atoms with Crippen LogP contribution in [0.3, 0.4) is 0 Å². The van der Waals surface area contributed by atoms with Gasteiger partial charge in [0, 0.05) is 31.9 Å². The summed E-state index contributed by atoms with van der Waals surface area (Å²) in [4.78, 5) is 18.7. The van der Waals surface area contributed by atoms with Crippen LogP contribution < -0.4 is 10.2 Å². The van der Waals surface area contributed by atoms with Gasteiger partial charge in [-0.15, -0.1) is 0 Å². The Morgan fingerprint density at radius 1 is 1.32 bits per heavy atom. The normalized spacial score (nSPS) is 14.9. The molecule has 1 fully saturated rings. The number of aryl methyl sites for hydroxylation is 1. The van der Waals surface area contributed by atoms with Crippen LogP contribution in [0.15, 0.2) is 28.9 Å². The van der Waals surface area contributed by atoms with Crippen LogP contribution >= 0.6 is 0 Å². The van der Waals surface area contributed by atoms with E-state index in [0.29, 0.717) is 18.0 Å². The van der Waals surface area contributed by atoms with E-state index in [1.54, 1.807) is 13.0 Å². The van der Waals surface area contributed by atoms with Gasteiger partial charge in [-0.05, 0) is 37.8 Å². The number of hydrogen-bond donors (Lipinski definition) is 1. The second-order valence-corrected chi connectivity index (χ2v) is 5.58. The van der Waals surface area contributed by atoms with E-state index in [4.69, 9.17) is 4.52 Å². The van der Waals surface area contributed by atoms with E-state index in [1.165, 1.54) is 19.3 Å². The summed E-state index contributed by atoms with van der Waals surface area (Å²) in [5, 5.41) is 6.51. The van der Waals surface area contributed by atoms with Crippen molar-refractivity contribution < 1.29 is 9.32 Å². The molecule has 116 valence electrons. The molecule has 22 heavy (non-hydrogen) atoms. The molecule has 0 unspecified atom stereocenters. The molecular formula is C16H20N4O2. The quantitative estimate of drug-likeness (QED) is 0.938. The summed E-state index contributed by atoms with van der Waals surface area (Å²) in [6.45, 7) is 4.34. The second-order valence-electron chi connectivity index (χ2n) is 5.58. The Bertz CT molecular complexity index is 630. The van der Waals surface area contributed by atoms with E-state index in [2.05, 4.69) is 20.4 Å². The molecule has 2 aromatic rings. The van der Waals surface area contributed by atoms with Crippen molar-refractivity contribution in [1.82, 2.24) is 15.5 Å². The van der Waals surface area contributed by atoms with Gasteiger partial charge in [-0.25, -0.2) is 4.98 Å². The van der Waals surface area contributed by atoms with Crippen molar-refractivity contribution in [3.05, 3.63) is 41.4 Å². The number of anilines is 1. The van der Waals surface area contributed by atoms with Crippen LogP contribution in [0.25, 0.3) is 0 Å². The molecule has 1 saturated heterocycles. The fraction of sp³-hybridized carbons (Fsp3) is 0.438. The Morgan fingerprint density at radius 3 is 2.77 bits per heavy atom. The van der Waals surface area contributed by atoms with Gasteiger partial charge in [0.05, 0.1) is 0 Å². The molecule has 0 aromatic carbocycles. The first kappa shape index (κ1) is 14.6. The molecule has 0 radical (unpaired) electrons. The van der Waals surface area contributed by atoms with E-state index in [9.17, 15) is 4.79 Å². The lowest BCUT2D eigenvalue weighted by Gasteiger charge is -2.27. The van der Waals surface area contributed by atoms with E-state index in [0.717, 1.165) is 24.5 Å².